The van der Waals surface area contributed by atoms with Crippen LogP contribution in [0.3, 0.4) is 0 Å². The van der Waals surface area contributed by atoms with Gasteiger partial charge >= 0.3 is 5.97 Å². The minimum absolute atomic E-state index is 0.0664. The molecule has 0 bridgehead atoms. The third-order valence-corrected chi connectivity index (χ3v) is 8.46. The lowest BCUT2D eigenvalue weighted by Crippen LogP contribution is -2.33. The predicted molar refractivity (Wildman–Crippen MR) is 152 cm³/mol. The van der Waals surface area contributed by atoms with Crippen molar-refractivity contribution in [1.82, 2.24) is 0 Å². The molecule has 0 saturated heterocycles. The van der Waals surface area contributed by atoms with Gasteiger partial charge in [-0.3, -0.25) is 4.90 Å². The molecule has 2 aliphatic heterocycles. The number of hydrogen-bond acceptors (Lipinski definition) is 8. The van der Waals surface area contributed by atoms with Crippen molar-refractivity contribution < 1.29 is 32.9 Å². The van der Waals surface area contributed by atoms with Crippen molar-refractivity contribution in [2.45, 2.75) is 10.5 Å². The lowest BCUT2D eigenvalue weighted by molar-refractivity contribution is 0.0224. The van der Waals surface area contributed by atoms with Crippen LogP contribution in [0.15, 0.2) is 82.2 Å². The van der Waals surface area contributed by atoms with Crippen LogP contribution in [0.2, 0.25) is 0 Å². The highest BCUT2D eigenvalue weighted by atomic mass is 79.9. The number of phenols is 2. The molecular weight excluding hydrogens is 622 g/mol. The highest BCUT2D eigenvalue weighted by Gasteiger charge is 2.54. The fraction of sp³-hybridized carbons (Fsp3) is 0.0370. The largest absolute Gasteiger partial charge is 0.508 e. The highest BCUT2D eigenvalue weighted by molar-refractivity contribution is 9.10. The molecule has 1 spiro atoms. The molecule has 2 heterocycles. The van der Waals surface area contributed by atoms with Gasteiger partial charge in [0, 0.05) is 33.3 Å². The molecule has 10 nitrogen and oxygen atoms in total. The third kappa shape index (κ3) is 3.81. The Balaban J connectivity index is 1.62. The number of thiocarbonyl (C=S) groups is 1. The number of aromatic hydroxyl groups is 2. The van der Waals surface area contributed by atoms with Crippen LogP contribution < -0.4 is 20.5 Å². The minimum Gasteiger partial charge on any atom is -0.508 e. The van der Waals surface area contributed by atoms with Gasteiger partial charge in [-0.25, -0.2) is 18.4 Å². The van der Waals surface area contributed by atoms with E-state index in [0.717, 1.165) is 0 Å². The Morgan fingerprint density at radius 2 is 1.52 bits per heavy atom. The standard InChI is InChI=1S/C27H18BrN3O7S2/c28-19-12-15(40(30,35)36)6-9-20(19)31(26(29)39)21-3-1-2-18-24(21)25(34)38-27(18)16-7-4-13(32)10-22(16)37-23-11-14(33)5-8-17(23)27/h1-12,32-33H,(H2,29,39)(H2,30,35,36). The van der Waals surface area contributed by atoms with E-state index in [-0.39, 0.29) is 44.3 Å². The smallest absolute Gasteiger partial charge is 0.342 e. The van der Waals surface area contributed by atoms with Crippen LogP contribution in [0.1, 0.15) is 27.0 Å². The first-order valence-electron chi connectivity index (χ1n) is 11.6. The first-order chi connectivity index (χ1) is 18.9. The van der Waals surface area contributed by atoms with Gasteiger partial charge in [-0.2, -0.15) is 0 Å². The fourth-order valence-electron chi connectivity index (χ4n) is 5.13. The number of primary sulfonamides is 1. The SMILES string of the molecule is NC(=S)N(c1ccc(S(N)(=O)=O)cc1Br)c1cccc2c1C(=O)OC21c2ccc(O)cc2Oc2cc(O)ccc21. The summed E-state index contributed by atoms with van der Waals surface area (Å²) in [5.74, 6) is -0.357. The summed E-state index contributed by atoms with van der Waals surface area (Å²) in [6, 6.07) is 18.0. The maximum Gasteiger partial charge on any atom is 0.342 e. The molecule has 202 valence electrons. The normalized spacial score (nSPS) is 14.5. The van der Waals surface area contributed by atoms with E-state index in [1.165, 1.54) is 47.4 Å². The number of ether oxygens (including phenoxy) is 2. The Labute approximate surface area is 241 Å². The summed E-state index contributed by atoms with van der Waals surface area (Å²) in [6.07, 6.45) is 0. The molecule has 0 aromatic heterocycles. The molecule has 0 amide bonds. The van der Waals surface area contributed by atoms with Gasteiger partial charge in [0.05, 0.1) is 21.8 Å². The van der Waals surface area contributed by atoms with E-state index >= 15 is 0 Å². The Bertz CT molecular complexity index is 1840. The van der Waals surface area contributed by atoms with Gasteiger partial charge in [0.25, 0.3) is 0 Å². The number of anilines is 2. The average Bonchev–Trinajstić information content (AvgIpc) is 3.17. The van der Waals surface area contributed by atoms with Gasteiger partial charge in [-0.1, -0.05) is 12.1 Å². The Hall–Kier alpha value is -4.17. The van der Waals surface area contributed by atoms with Crippen LogP contribution in [0.5, 0.6) is 23.0 Å². The number of esters is 1. The van der Waals surface area contributed by atoms with Gasteiger partial charge in [0.15, 0.2) is 10.7 Å². The second-order valence-corrected chi connectivity index (χ2v) is 11.9. The van der Waals surface area contributed by atoms with Crippen molar-refractivity contribution in [3.63, 3.8) is 0 Å². The van der Waals surface area contributed by atoms with Gasteiger partial charge in [-0.05, 0) is 76.7 Å². The number of sulfonamides is 1. The number of carbonyl (C=O) groups is 1. The monoisotopic (exact) mass is 639 g/mol. The first kappa shape index (κ1) is 26.1. The molecule has 40 heavy (non-hydrogen) atoms. The predicted octanol–water partition coefficient (Wildman–Crippen LogP) is 4.46. The highest BCUT2D eigenvalue weighted by Crippen LogP contribution is 2.58. The second-order valence-electron chi connectivity index (χ2n) is 9.07. The Morgan fingerprint density at radius 3 is 2.08 bits per heavy atom. The van der Waals surface area contributed by atoms with Crippen LogP contribution in [0.25, 0.3) is 0 Å². The number of rotatable bonds is 3. The van der Waals surface area contributed by atoms with Crippen molar-refractivity contribution in [3.05, 3.63) is 99.5 Å². The first-order valence-corrected chi connectivity index (χ1v) is 14.3. The summed E-state index contributed by atoms with van der Waals surface area (Å²) < 4.78 is 36.2. The molecule has 2 aliphatic rings. The summed E-state index contributed by atoms with van der Waals surface area (Å²) in [5.41, 5.74) is 6.79. The number of halogens is 1. The third-order valence-electron chi connectivity index (χ3n) is 6.73. The Morgan fingerprint density at radius 1 is 0.900 bits per heavy atom. The Kier molecular flexibility index (Phi) is 5.82. The van der Waals surface area contributed by atoms with Crippen molar-refractivity contribution >= 4 is 60.6 Å². The van der Waals surface area contributed by atoms with Gasteiger partial charge < -0.3 is 25.4 Å². The number of fused-ring (bicyclic) bond motifs is 6. The summed E-state index contributed by atoms with van der Waals surface area (Å²) in [7, 11) is -3.99. The second kappa shape index (κ2) is 8.93. The van der Waals surface area contributed by atoms with E-state index in [1.807, 2.05) is 0 Å². The molecule has 0 fully saturated rings. The number of hydrogen-bond donors (Lipinski definition) is 4. The maximum atomic E-state index is 13.8. The van der Waals surface area contributed by atoms with E-state index in [9.17, 15) is 23.4 Å². The fourth-order valence-corrected chi connectivity index (χ4v) is 6.57. The zero-order valence-corrected chi connectivity index (χ0v) is 23.4. The van der Waals surface area contributed by atoms with Crippen LogP contribution in [0.4, 0.5) is 11.4 Å². The number of phenolic OH excluding ortho intramolecular Hbond substituents is 2. The van der Waals surface area contributed by atoms with Crippen LogP contribution >= 0.6 is 28.1 Å². The summed E-state index contributed by atoms with van der Waals surface area (Å²) in [4.78, 5) is 15.0. The van der Waals surface area contributed by atoms with E-state index in [2.05, 4.69) is 15.9 Å². The zero-order chi connectivity index (χ0) is 28.6. The molecule has 4 aromatic carbocycles. The quantitative estimate of drug-likeness (QED) is 0.186. The van der Waals surface area contributed by atoms with Gasteiger partial charge in [0.1, 0.15) is 23.0 Å². The topological polar surface area (TPSA) is 165 Å². The molecule has 0 atom stereocenters. The van der Waals surface area contributed by atoms with Crippen LogP contribution in [-0.4, -0.2) is 29.7 Å². The number of nitrogens with zero attached hydrogens (tertiary/aromatic N) is 1. The van der Waals surface area contributed by atoms with Crippen molar-refractivity contribution in [3.8, 4) is 23.0 Å². The summed E-state index contributed by atoms with van der Waals surface area (Å²) >= 11 is 8.74. The molecule has 6 rings (SSSR count). The summed E-state index contributed by atoms with van der Waals surface area (Å²) in [5, 5.41) is 25.4. The maximum absolute atomic E-state index is 13.8. The van der Waals surface area contributed by atoms with Gasteiger partial charge in [0.2, 0.25) is 10.0 Å². The van der Waals surface area contributed by atoms with E-state index in [0.29, 0.717) is 26.9 Å². The molecule has 4 aromatic rings. The average molecular weight is 640 g/mol. The number of benzene rings is 4. The number of carbonyl (C=O) groups excluding carboxylic acids is 1. The van der Waals surface area contributed by atoms with Crippen molar-refractivity contribution in [2.24, 2.45) is 10.9 Å². The zero-order valence-electron chi connectivity index (χ0n) is 20.2. The van der Waals surface area contributed by atoms with Gasteiger partial charge in [-0.15, -0.1) is 0 Å². The van der Waals surface area contributed by atoms with Crippen molar-refractivity contribution in [1.29, 1.82) is 0 Å². The van der Waals surface area contributed by atoms with Crippen molar-refractivity contribution in [2.75, 3.05) is 4.90 Å². The number of nitrogens with two attached hydrogens (primary N) is 2. The molecule has 6 N–H and O–H groups in total. The minimum atomic E-state index is -3.99. The lowest BCUT2D eigenvalue weighted by Gasteiger charge is -2.36. The van der Waals surface area contributed by atoms with E-state index < -0.39 is 21.6 Å². The molecule has 0 radical (unpaired) electrons. The molecule has 13 heteroatoms. The molecular formula is C27H18BrN3O7S2. The molecule has 0 unspecified atom stereocenters. The van der Waals surface area contributed by atoms with Crippen LogP contribution in [0, 0.1) is 0 Å². The van der Waals surface area contributed by atoms with E-state index in [4.69, 9.17) is 32.6 Å². The van der Waals surface area contributed by atoms with Crippen LogP contribution in [-0.2, 0) is 20.4 Å². The molecule has 0 saturated carbocycles. The summed E-state index contributed by atoms with van der Waals surface area (Å²) in [6.45, 7) is 0. The van der Waals surface area contributed by atoms with E-state index in [1.54, 1.807) is 30.3 Å². The molecule has 0 aliphatic carbocycles. The lowest BCUT2D eigenvalue weighted by atomic mass is 9.77.